The number of rotatable bonds is 3. The molecule has 2 rings (SSSR count). The summed E-state index contributed by atoms with van der Waals surface area (Å²) in [5, 5.41) is 11.7. The van der Waals surface area contributed by atoms with Crippen molar-refractivity contribution in [1.82, 2.24) is 0 Å². The first-order chi connectivity index (χ1) is 9.43. The van der Waals surface area contributed by atoms with E-state index in [9.17, 15) is 4.79 Å². The molecule has 20 heavy (non-hydrogen) atoms. The fraction of sp³-hybridized carbons (Fsp3) is 0.353. The van der Waals surface area contributed by atoms with Gasteiger partial charge >= 0.3 is 0 Å². The van der Waals surface area contributed by atoms with Crippen LogP contribution >= 0.6 is 0 Å². The van der Waals surface area contributed by atoms with E-state index >= 15 is 0 Å². The van der Waals surface area contributed by atoms with Gasteiger partial charge in [0, 0.05) is 11.3 Å². The molecule has 0 unspecified atom stereocenters. The van der Waals surface area contributed by atoms with Crippen molar-refractivity contribution >= 4 is 11.6 Å². The predicted molar refractivity (Wildman–Crippen MR) is 82.3 cm³/mol. The van der Waals surface area contributed by atoms with Crippen LogP contribution in [0.1, 0.15) is 36.5 Å². The maximum absolute atomic E-state index is 11.4. The summed E-state index contributed by atoms with van der Waals surface area (Å²) in [7, 11) is 0. The van der Waals surface area contributed by atoms with Crippen molar-refractivity contribution in [2.24, 2.45) is 0 Å². The summed E-state index contributed by atoms with van der Waals surface area (Å²) >= 11 is 0. The van der Waals surface area contributed by atoms with Crippen molar-refractivity contribution < 1.29 is 9.90 Å². The molecule has 0 bridgehead atoms. The van der Waals surface area contributed by atoms with Gasteiger partial charge in [-0.2, -0.15) is 0 Å². The van der Waals surface area contributed by atoms with Gasteiger partial charge in [0.1, 0.15) is 6.61 Å². The molecule has 3 heteroatoms. The van der Waals surface area contributed by atoms with Crippen LogP contribution in [0.3, 0.4) is 0 Å². The van der Waals surface area contributed by atoms with Crippen LogP contribution in [0, 0.1) is 13.8 Å². The van der Waals surface area contributed by atoms with Crippen LogP contribution in [-0.2, 0) is 4.79 Å². The first-order valence-electron chi connectivity index (χ1n) is 6.88. The van der Waals surface area contributed by atoms with Crippen LogP contribution in [0.2, 0.25) is 0 Å². The Kier molecular flexibility index (Phi) is 4.09. The summed E-state index contributed by atoms with van der Waals surface area (Å²) in [6, 6.07) is 8.38. The lowest BCUT2D eigenvalue weighted by molar-refractivity contribution is -0.118. The maximum Gasteiger partial charge on any atom is 0.250 e. The molecule has 0 fully saturated rings. The minimum atomic E-state index is -0.499. The van der Waals surface area contributed by atoms with Gasteiger partial charge in [0.15, 0.2) is 0 Å². The number of amides is 1. The van der Waals surface area contributed by atoms with Gasteiger partial charge in [0.2, 0.25) is 5.91 Å². The molecule has 2 N–H and O–H groups in total. The van der Waals surface area contributed by atoms with E-state index < -0.39 is 6.61 Å². The second kappa shape index (κ2) is 5.63. The molecule has 0 atom stereocenters. The van der Waals surface area contributed by atoms with E-state index in [4.69, 9.17) is 5.11 Å². The number of hydrogen-bond donors (Lipinski definition) is 2. The average Bonchev–Trinajstić information content (AvgIpc) is 2.58. The van der Waals surface area contributed by atoms with Gasteiger partial charge < -0.3 is 10.4 Å². The quantitative estimate of drug-likeness (QED) is 0.898. The molecule has 0 aromatic heterocycles. The number of aliphatic hydroxyl groups is 1. The van der Waals surface area contributed by atoms with Crippen molar-refractivity contribution in [1.29, 1.82) is 0 Å². The molecule has 0 aliphatic heterocycles. The smallest absolute Gasteiger partial charge is 0.250 e. The van der Waals surface area contributed by atoms with E-state index in [2.05, 4.69) is 37.4 Å². The Labute approximate surface area is 120 Å². The van der Waals surface area contributed by atoms with Gasteiger partial charge in [-0.1, -0.05) is 32.0 Å². The van der Waals surface area contributed by atoms with Gasteiger partial charge in [-0.25, -0.2) is 0 Å². The summed E-state index contributed by atoms with van der Waals surface area (Å²) in [6.07, 6.45) is 0. The Balaban J connectivity index is 2.60. The fourth-order valence-electron chi connectivity index (χ4n) is 2.49. The molecule has 106 valence electrons. The summed E-state index contributed by atoms with van der Waals surface area (Å²) < 4.78 is 0. The summed E-state index contributed by atoms with van der Waals surface area (Å²) in [5.41, 5.74) is 6.51. The molecule has 0 saturated heterocycles. The van der Waals surface area contributed by atoms with Crippen molar-refractivity contribution in [3.63, 3.8) is 0 Å². The molecule has 3 nitrogen and oxygen atoms in total. The van der Waals surface area contributed by atoms with Crippen molar-refractivity contribution in [2.75, 3.05) is 11.9 Å². The molecule has 0 aromatic rings. The molecular weight excluding hydrogens is 250 g/mol. The minimum Gasteiger partial charge on any atom is -0.387 e. The number of hydrogen-bond acceptors (Lipinski definition) is 2. The zero-order valence-corrected chi connectivity index (χ0v) is 12.4. The normalized spacial score (nSPS) is 11.1. The second-order valence-electron chi connectivity index (χ2n) is 5.55. The van der Waals surface area contributed by atoms with Crippen LogP contribution < -0.4 is 5.32 Å². The summed E-state index contributed by atoms with van der Waals surface area (Å²) in [4.78, 5) is 11.4. The number of carbonyl (C=O) groups excluding carboxylic acids is 1. The highest BCUT2D eigenvalue weighted by molar-refractivity contribution is 5.99. The van der Waals surface area contributed by atoms with Crippen LogP contribution in [0.15, 0.2) is 24.3 Å². The van der Waals surface area contributed by atoms with Crippen LogP contribution in [0.25, 0.3) is 11.1 Å². The molecule has 0 heterocycles. The Bertz CT molecular complexity index is 617. The highest BCUT2D eigenvalue weighted by Gasteiger charge is 2.17. The SMILES string of the molecule is Cc1cc(NC(=O)CO)c2c(C)ccc(C(C)C)cc1-2. The lowest BCUT2D eigenvalue weighted by Crippen LogP contribution is -2.15. The van der Waals surface area contributed by atoms with Gasteiger partial charge in [-0.3, -0.25) is 4.79 Å². The van der Waals surface area contributed by atoms with Crippen molar-refractivity contribution in [3.05, 3.63) is 41.0 Å². The fourth-order valence-corrected chi connectivity index (χ4v) is 2.49. The molecule has 2 aliphatic rings. The molecule has 1 amide bonds. The lowest BCUT2D eigenvalue weighted by Gasteiger charge is -2.06. The summed E-state index contributed by atoms with van der Waals surface area (Å²) in [5.74, 6) is 0.0710. The number of aryl methyl sites for hydroxylation is 2. The number of carbonyl (C=O) groups is 1. The summed E-state index contributed by atoms with van der Waals surface area (Å²) in [6.45, 7) is 7.92. The highest BCUT2D eigenvalue weighted by atomic mass is 16.3. The number of nitrogens with one attached hydrogen (secondary N) is 1. The van der Waals surface area contributed by atoms with E-state index in [1.54, 1.807) is 0 Å². The largest absolute Gasteiger partial charge is 0.387 e. The van der Waals surface area contributed by atoms with Crippen molar-refractivity contribution in [3.8, 4) is 11.1 Å². The van der Waals surface area contributed by atoms with Gasteiger partial charge in [0.25, 0.3) is 0 Å². The van der Waals surface area contributed by atoms with Gasteiger partial charge in [-0.05, 0) is 48.1 Å². The monoisotopic (exact) mass is 271 g/mol. The highest BCUT2D eigenvalue weighted by Crippen LogP contribution is 2.39. The van der Waals surface area contributed by atoms with E-state index in [-0.39, 0.29) is 5.91 Å². The third-order valence-electron chi connectivity index (χ3n) is 3.64. The Morgan fingerprint density at radius 3 is 2.50 bits per heavy atom. The minimum absolute atomic E-state index is 0.383. The molecule has 0 saturated carbocycles. The maximum atomic E-state index is 11.4. The Hall–Kier alpha value is -1.87. The predicted octanol–water partition coefficient (Wildman–Crippen LogP) is 3.46. The second-order valence-corrected chi connectivity index (χ2v) is 5.55. The number of aliphatic hydroxyl groups excluding tert-OH is 1. The third-order valence-corrected chi connectivity index (χ3v) is 3.64. The molecule has 0 radical (unpaired) electrons. The molecule has 0 spiro atoms. The number of anilines is 1. The Morgan fingerprint density at radius 1 is 1.20 bits per heavy atom. The molecule has 2 aliphatic carbocycles. The van der Waals surface area contributed by atoms with E-state index in [0.29, 0.717) is 5.92 Å². The molecule has 0 aromatic carbocycles. The first-order valence-corrected chi connectivity index (χ1v) is 6.88. The standard InChI is InChI=1S/C17H21NO2/c1-10(2)13-6-5-11(3)17-14(8-13)12(4)7-15(17)18-16(20)9-19/h5-8,10,19H,9H2,1-4H3,(H,18,20). The van der Waals surface area contributed by atoms with Gasteiger partial charge in [0.05, 0.1) is 0 Å². The van der Waals surface area contributed by atoms with Crippen molar-refractivity contribution in [2.45, 2.75) is 33.6 Å². The molecular formula is C17H21NO2. The average molecular weight is 271 g/mol. The van der Waals surface area contributed by atoms with E-state index in [1.165, 1.54) is 5.56 Å². The zero-order chi connectivity index (χ0) is 14.9. The van der Waals surface area contributed by atoms with E-state index in [0.717, 1.165) is 27.9 Å². The Morgan fingerprint density at radius 2 is 1.90 bits per heavy atom. The van der Waals surface area contributed by atoms with E-state index in [1.807, 2.05) is 19.9 Å². The zero-order valence-electron chi connectivity index (χ0n) is 12.4. The topological polar surface area (TPSA) is 49.3 Å². The third kappa shape index (κ3) is 2.68. The van der Waals surface area contributed by atoms with Crippen LogP contribution in [0.5, 0.6) is 0 Å². The lowest BCUT2D eigenvalue weighted by atomic mass is 10.0. The number of fused-ring (bicyclic) bond motifs is 1. The first kappa shape index (κ1) is 14.5. The van der Waals surface area contributed by atoms with Crippen LogP contribution in [-0.4, -0.2) is 17.6 Å². The van der Waals surface area contributed by atoms with Crippen LogP contribution in [0.4, 0.5) is 5.69 Å². The van der Waals surface area contributed by atoms with Gasteiger partial charge in [-0.15, -0.1) is 0 Å².